The number of nitrogens with zero attached hydrogens (tertiary/aromatic N) is 5. The maximum Gasteiger partial charge on any atom is 0.253 e. The normalized spacial score (nSPS) is 16.3. The van der Waals surface area contributed by atoms with Gasteiger partial charge in [0.15, 0.2) is 11.4 Å². The molecule has 1 aliphatic heterocycles. The number of hydrogen-bond acceptors (Lipinski definition) is 7. The molecule has 2 aromatic carbocycles. The summed E-state index contributed by atoms with van der Waals surface area (Å²) in [6.45, 7) is 1.44. The van der Waals surface area contributed by atoms with Gasteiger partial charge >= 0.3 is 0 Å². The highest BCUT2D eigenvalue weighted by Crippen LogP contribution is 2.32. The van der Waals surface area contributed by atoms with Crippen LogP contribution in [-0.4, -0.2) is 45.0 Å². The molecule has 1 unspecified atom stereocenters. The van der Waals surface area contributed by atoms with Crippen molar-refractivity contribution in [3.63, 3.8) is 0 Å². The smallest absolute Gasteiger partial charge is 0.253 e. The number of nitrogen functional groups attached to an aromatic ring is 1. The quantitative estimate of drug-likeness (QED) is 0.518. The molecule has 2 aromatic heterocycles. The number of halogens is 1. The van der Waals surface area contributed by atoms with E-state index in [1.54, 1.807) is 35.4 Å². The molecular weight excluding hydrogens is 406 g/mol. The molecule has 9 nitrogen and oxygen atoms in total. The third-order valence-electron chi connectivity index (χ3n) is 5.28. The lowest BCUT2D eigenvalue weighted by atomic mass is 10.1. The fourth-order valence-electron chi connectivity index (χ4n) is 3.76. The lowest BCUT2D eigenvalue weighted by Crippen LogP contribution is -2.37. The summed E-state index contributed by atoms with van der Waals surface area (Å²) in [5.41, 5.74) is 8.65. The number of aromatic nitrogens is 4. The Hall–Kier alpha value is -3.59. The zero-order valence-electron chi connectivity index (χ0n) is 15.8. The van der Waals surface area contributed by atoms with Crippen molar-refractivity contribution >= 4 is 40.0 Å². The predicted octanol–water partition coefficient (Wildman–Crippen LogP) is 2.65. The van der Waals surface area contributed by atoms with Crippen LogP contribution in [0, 0.1) is 0 Å². The lowest BCUT2D eigenvalue weighted by Gasteiger charge is -2.19. The van der Waals surface area contributed by atoms with Crippen LogP contribution >= 0.6 is 11.6 Å². The standard InChI is InChI=1S/C20H18ClN7O2/c21-16-8-13(28-10-23-24-11-28)4-5-14(16)20(29)25-12-6-7-27(9-12)17-3-1-2-15-18(17)30-26-19(15)22/h1-5,8,10-12H,6-7,9H2,(H2,22,26)(H,25,29). The van der Waals surface area contributed by atoms with Crippen LogP contribution in [0.3, 0.4) is 0 Å². The highest BCUT2D eigenvalue weighted by atomic mass is 35.5. The molecule has 1 amide bonds. The van der Waals surface area contributed by atoms with E-state index in [1.807, 2.05) is 18.2 Å². The van der Waals surface area contributed by atoms with Gasteiger partial charge in [-0.1, -0.05) is 22.8 Å². The number of nitrogens with two attached hydrogens (primary N) is 1. The number of benzene rings is 2. The Morgan fingerprint density at radius 3 is 2.87 bits per heavy atom. The van der Waals surface area contributed by atoms with Crippen molar-refractivity contribution in [1.29, 1.82) is 0 Å². The van der Waals surface area contributed by atoms with Crippen molar-refractivity contribution in [3.8, 4) is 5.69 Å². The molecule has 0 spiro atoms. The van der Waals surface area contributed by atoms with E-state index < -0.39 is 0 Å². The second-order valence-corrected chi connectivity index (χ2v) is 7.57. The molecule has 3 N–H and O–H groups in total. The predicted molar refractivity (Wildman–Crippen MR) is 113 cm³/mol. The number of hydrogen-bond donors (Lipinski definition) is 2. The van der Waals surface area contributed by atoms with E-state index in [0.29, 0.717) is 28.5 Å². The summed E-state index contributed by atoms with van der Waals surface area (Å²) in [5.74, 6) is 0.171. The lowest BCUT2D eigenvalue weighted by molar-refractivity contribution is 0.0940. The Bertz CT molecular complexity index is 1220. The van der Waals surface area contributed by atoms with Crippen LogP contribution in [-0.2, 0) is 0 Å². The van der Waals surface area contributed by atoms with Gasteiger partial charge in [0.25, 0.3) is 5.91 Å². The number of nitrogens with one attached hydrogen (secondary N) is 1. The molecule has 1 aliphatic rings. The highest BCUT2D eigenvalue weighted by Gasteiger charge is 2.27. The van der Waals surface area contributed by atoms with Crippen LogP contribution < -0.4 is 16.0 Å². The van der Waals surface area contributed by atoms with Gasteiger partial charge in [0.2, 0.25) is 0 Å². The summed E-state index contributed by atoms with van der Waals surface area (Å²) in [7, 11) is 0. The molecule has 3 heterocycles. The summed E-state index contributed by atoms with van der Waals surface area (Å²) in [6.07, 6.45) is 3.95. The van der Waals surface area contributed by atoms with Crippen molar-refractivity contribution in [2.75, 3.05) is 23.7 Å². The number of amides is 1. The molecule has 10 heteroatoms. The summed E-state index contributed by atoms with van der Waals surface area (Å²) in [6, 6.07) is 11.0. The third-order valence-corrected chi connectivity index (χ3v) is 5.60. The molecule has 1 atom stereocenters. The van der Waals surface area contributed by atoms with Gasteiger partial charge in [-0.3, -0.25) is 9.36 Å². The molecule has 1 saturated heterocycles. The van der Waals surface area contributed by atoms with Crippen LogP contribution in [0.2, 0.25) is 5.02 Å². The van der Waals surface area contributed by atoms with E-state index in [-0.39, 0.29) is 11.9 Å². The summed E-state index contributed by atoms with van der Waals surface area (Å²) >= 11 is 6.36. The third kappa shape index (κ3) is 3.22. The van der Waals surface area contributed by atoms with E-state index in [9.17, 15) is 4.79 Å². The highest BCUT2D eigenvalue weighted by molar-refractivity contribution is 6.34. The number of para-hydroxylation sites is 1. The zero-order chi connectivity index (χ0) is 20.7. The first-order chi connectivity index (χ1) is 14.6. The van der Waals surface area contributed by atoms with Gasteiger partial charge in [0, 0.05) is 24.8 Å². The van der Waals surface area contributed by atoms with E-state index in [1.165, 1.54) is 0 Å². The second-order valence-electron chi connectivity index (χ2n) is 7.16. The van der Waals surface area contributed by atoms with E-state index >= 15 is 0 Å². The maximum atomic E-state index is 12.8. The molecule has 30 heavy (non-hydrogen) atoms. The van der Waals surface area contributed by atoms with Crippen molar-refractivity contribution in [3.05, 3.63) is 59.6 Å². The molecule has 5 rings (SSSR count). The van der Waals surface area contributed by atoms with E-state index in [2.05, 4.69) is 25.6 Å². The minimum Gasteiger partial charge on any atom is -0.380 e. The monoisotopic (exact) mass is 423 g/mol. The largest absolute Gasteiger partial charge is 0.380 e. The Kier molecular flexibility index (Phi) is 4.51. The van der Waals surface area contributed by atoms with E-state index in [4.69, 9.17) is 21.9 Å². The molecule has 0 bridgehead atoms. The molecule has 4 aromatic rings. The molecule has 0 radical (unpaired) electrons. The Balaban J connectivity index is 1.29. The molecular formula is C20H18ClN7O2. The fourth-order valence-corrected chi connectivity index (χ4v) is 4.02. The second kappa shape index (κ2) is 7.34. The van der Waals surface area contributed by atoms with Crippen molar-refractivity contribution in [2.45, 2.75) is 12.5 Å². The zero-order valence-corrected chi connectivity index (χ0v) is 16.6. The van der Waals surface area contributed by atoms with Gasteiger partial charge < -0.3 is 20.5 Å². The van der Waals surface area contributed by atoms with Gasteiger partial charge in [0.1, 0.15) is 12.7 Å². The Morgan fingerprint density at radius 1 is 1.23 bits per heavy atom. The van der Waals surface area contributed by atoms with Crippen molar-refractivity contribution in [2.24, 2.45) is 0 Å². The average molecular weight is 424 g/mol. The topological polar surface area (TPSA) is 115 Å². The number of fused-ring (bicyclic) bond motifs is 1. The van der Waals surface area contributed by atoms with E-state index in [0.717, 1.165) is 29.7 Å². The summed E-state index contributed by atoms with van der Waals surface area (Å²) < 4.78 is 7.12. The molecule has 152 valence electrons. The molecule has 1 fully saturated rings. The van der Waals surface area contributed by atoms with Gasteiger partial charge in [-0.25, -0.2) is 0 Å². The summed E-state index contributed by atoms with van der Waals surface area (Å²) in [5, 5.41) is 15.6. The van der Waals surface area contributed by atoms with Gasteiger partial charge in [-0.2, -0.15) is 0 Å². The maximum absolute atomic E-state index is 12.8. The minimum absolute atomic E-state index is 0.0124. The van der Waals surface area contributed by atoms with Crippen LogP contribution in [0.25, 0.3) is 16.7 Å². The molecule has 0 aliphatic carbocycles. The van der Waals surface area contributed by atoms with Crippen LogP contribution in [0.1, 0.15) is 16.8 Å². The Labute approximate surface area is 176 Å². The fraction of sp³-hybridized carbons (Fsp3) is 0.200. The first-order valence-corrected chi connectivity index (χ1v) is 9.82. The minimum atomic E-state index is -0.204. The number of carbonyl (C=O) groups excluding carboxylic acids is 1. The van der Waals surface area contributed by atoms with Gasteiger partial charge in [0.05, 0.1) is 21.7 Å². The van der Waals surface area contributed by atoms with Crippen LogP contribution in [0.4, 0.5) is 11.5 Å². The van der Waals surface area contributed by atoms with Crippen LogP contribution in [0.15, 0.2) is 53.6 Å². The van der Waals surface area contributed by atoms with Gasteiger partial charge in [-0.15, -0.1) is 10.2 Å². The Morgan fingerprint density at radius 2 is 2.07 bits per heavy atom. The number of anilines is 2. The van der Waals surface area contributed by atoms with Crippen LogP contribution in [0.5, 0.6) is 0 Å². The van der Waals surface area contributed by atoms with Crippen molar-refractivity contribution in [1.82, 2.24) is 25.2 Å². The number of rotatable bonds is 4. The molecule has 0 saturated carbocycles. The summed E-state index contributed by atoms with van der Waals surface area (Å²) in [4.78, 5) is 14.9. The first-order valence-electron chi connectivity index (χ1n) is 9.44. The average Bonchev–Trinajstić information content (AvgIpc) is 3.49. The van der Waals surface area contributed by atoms with Gasteiger partial charge in [-0.05, 0) is 36.8 Å². The van der Waals surface area contributed by atoms with Crippen molar-refractivity contribution < 1.29 is 9.32 Å². The first kappa shape index (κ1) is 18.4. The number of carbonyl (C=O) groups is 1. The SMILES string of the molecule is Nc1noc2c(N3CCC(NC(=O)c4ccc(-n5cnnc5)cc4Cl)C3)cccc12.